The van der Waals surface area contributed by atoms with E-state index in [9.17, 15) is 4.39 Å². The van der Waals surface area contributed by atoms with E-state index >= 15 is 0 Å². The summed E-state index contributed by atoms with van der Waals surface area (Å²) >= 11 is 6.03. The van der Waals surface area contributed by atoms with Crippen molar-refractivity contribution >= 4 is 11.6 Å². The van der Waals surface area contributed by atoms with Crippen molar-refractivity contribution in [3.05, 3.63) is 40.9 Å². The molecule has 0 fully saturated rings. The molecule has 1 heterocycles. The Hall–Kier alpha value is -1.39. The second-order valence-corrected chi connectivity index (χ2v) is 3.80. The molecular formula is C11H11ClFN3. The molecule has 0 saturated heterocycles. The van der Waals surface area contributed by atoms with E-state index in [0.717, 1.165) is 0 Å². The first-order valence-corrected chi connectivity index (χ1v) is 5.18. The van der Waals surface area contributed by atoms with Crippen LogP contribution in [0.1, 0.15) is 5.69 Å². The Kier molecular flexibility index (Phi) is 2.94. The first-order chi connectivity index (χ1) is 7.63. The molecule has 0 saturated carbocycles. The van der Waals surface area contributed by atoms with Gasteiger partial charge in [-0.2, -0.15) is 0 Å². The number of hydrogen-bond acceptors (Lipinski definition) is 2. The van der Waals surface area contributed by atoms with Crippen molar-refractivity contribution in [2.75, 3.05) is 0 Å². The highest BCUT2D eigenvalue weighted by Gasteiger charge is 2.13. The summed E-state index contributed by atoms with van der Waals surface area (Å²) in [5, 5.41) is 0.488. The van der Waals surface area contributed by atoms with Crippen molar-refractivity contribution in [2.24, 2.45) is 12.8 Å². The van der Waals surface area contributed by atoms with Crippen molar-refractivity contribution in [3.63, 3.8) is 0 Å². The topological polar surface area (TPSA) is 43.8 Å². The Balaban J connectivity index is 2.56. The standard InChI is InChI=1S/C11H11ClFN3/c1-16-10(12)9(6-14)15-11(16)7-3-2-4-8(13)5-7/h2-5H,6,14H2,1H3. The molecule has 5 heteroatoms. The third-order valence-corrected chi connectivity index (χ3v) is 2.84. The Morgan fingerprint density at radius 3 is 2.81 bits per heavy atom. The number of benzene rings is 1. The van der Waals surface area contributed by atoms with Crippen LogP contribution in [-0.2, 0) is 13.6 Å². The minimum atomic E-state index is -0.300. The van der Waals surface area contributed by atoms with Gasteiger partial charge in [-0.05, 0) is 12.1 Å². The van der Waals surface area contributed by atoms with Crippen LogP contribution in [0.3, 0.4) is 0 Å². The third kappa shape index (κ3) is 1.81. The zero-order valence-corrected chi connectivity index (χ0v) is 9.50. The molecule has 2 aromatic rings. The first kappa shape index (κ1) is 11.1. The van der Waals surface area contributed by atoms with Gasteiger partial charge in [-0.15, -0.1) is 0 Å². The van der Waals surface area contributed by atoms with Crippen molar-refractivity contribution in [1.29, 1.82) is 0 Å². The van der Waals surface area contributed by atoms with Crippen LogP contribution in [0.15, 0.2) is 24.3 Å². The number of hydrogen-bond donors (Lipinski definition) is 1. The van der Waals surface area contributed by atoms with Crippen molar-refractivity contribution in [1.82, 2.24) is 9.55 Å². The van der Waals surface area contributed by atoms with Gasteiger partial charge in [0.05, 0.1) is 5.69 Å². The van der Waals surface area contributed by atoms with Gasteiger partial charge in [-0.25, -0.2) is 9.37 Å². The highest BCUT2D eigenvalue weighted by Crippen LogP contribution is 2.24. The zero-order valence-electron chi connectivity index (χ0n) is 8.74. The monoisotopic (exact) mass is 239 g/mol. The minimum Gasteiger partial charge on any atom is -0.325 e. The summed E-state index contributed by atoms with van der Waals surface area (Å²) < 4.78 is 14.8. The number of nitrogens with two attached hydrogens (primary N) is 1. The van der Waals surface area contributed by atoms with E-state index in [0.29, 0.717) is 22.2 Å². The molecule has 1 aromatic heterocycles. The van der Waals surface area contributed by atoms with Gasteiger partial charge in [0, 0.05) is 19.2 Å². The van der Waals surface area contributed by atoms with Gasteiger partial charge in [-0.1, -0.05) is 23.7 Å². The molecule has 0 atom stereocenters. The number of halogens is 2. The van der Waals surface area contributed by atoms with Gasteiger partial charge in [0.25, 0.3) is 0 Å². The Bertz CT molecular complexity index is 522. The predicted octanol–water partition coefficient (Wildman–Crippen LogP) is 2.34. The van der Waals surface area contributed by atoms with E-state index in [4.69, 9.17) is 17.3 Å². The molecule has 0 spiro atoms. The molecule has 0 bridgehead atoms. The van der Waals surface area contributed by atoms with Gasteiger partial charge < -0.3 is 10.3 Å². The summed E-state index contributed by atoms with van der Waals surface area (Å²) in [5.41, 5.74) is 6.81. The van der Waals surface area contributed by atoms with Crippen LogP contribution in [-0.4, -0.2) is 9.55 Å². The highest BCUT2D eigenvalue weighted by atomic mass is 35.5. The quantitative estimate of drug-likeness (QED) is 0.874. The van der Waals surface area contributed by atoms with Crippen molar-refractivity contribution in [2.45, 2.75) is 6.54 Å². The molecular weight excluding hydrogens is 229 g/mol. The SMILES string of the molecule is Cn1c(-c2cccc(F)c2)nc(CN)c1Cl. The van der Waals surface area contributed by atoms with E-state index < -0.39 is 0 Å². The second kappa shape index (κ2) is 4.23. The van der Waals surface area contributed by atoms with E-state index in [-0.39, 0.29) is 12.4 Å². The lowest BCUT2D eigenvalue weighted by Gasteiger charge is -2.01. The normalized spacial score (nSPS) is 10.8. The lowest BCUT2D eigenvalue weighted by molar-refractivity contribution is 0.628. The zero-order chi connectivity index (χ0) is 11.7. The summed E-state index contributed by atoms with van der Waals surface area (Å²) in [4.78, 5) is 4.28. The molecule has 0 radical (unpaired) electrons. The van der Waals surface area contributed by atoms with Gasteiger partial charge in [0.15, 0.2) is 0 Å². The summed E-state index contributed by atoms with van der Waals surface area (Å²) in [6, 6.07) is 6.22. The van der Waals surface area contributed by atoms with Crippen LogP contribution in [0.5, 0.6) is 0 Å². The van der Waals surface area contributed by atoms with E-state index in [1.165, 1.54) is 12.1 Å². The summed E-state index contributed by atoms with van der Waals surface area (Å²) in [5.74, 6) is 0.316. The fourth-order valence-electron chi connectivity index (χ4n) is 1.55. The molecule has 2 N–H and O–H groups in total. The molecule has 0 amide bonds. The Labute approximate surface area is 97.7 Å². The van der Waals surface area contributed by atoms with Gasteiger partial charge in [0.1, 0.15) is 16.8 Å². The number of nitrogens with zero attached hydrogens (tertiary/aromatic N) is 2. The van der Waals surface area contributed by atoms with Crippen LogP contribution in [0.25, 0.3) is 11.4 Å². The molecule has 0 aliphatic heterocycles. The summed E-state index contributed by atoms with van der Waals surface area (Å²) in [6.07, 6.45) is 0. The minimum absolute atomic E-state index is 0.266. The second-order valence-electron chi connectivity index (χ2n) is 3.45. The maximum absolute atomic E-state index is 13.1. The van der Waals surface area contributed by atoms with Gasteiger partial charge in [-0.3, -0.25) is 0 Å². The van der Waals surface area contributed by atoms with Crippen LogP contribution in [0.2, 0.25) is 5.15 Å². The highest BCUT2D eigenvalue weighted by molar-refractivity contribution is 6.30. The largest absolute Gasteiger partial charge is 0.325 e. The van der Waals surface area contributed by atoms with Gasteiger partial charge in [0.2, 0.25) is 0 Å². The van der Waals surface area contributed by atoms with Crippen LogP contribution >= 0.6 is 11.6 Å². The third-order valence-electron chi connectivity index (χ3n) is 2.37. The van der Waals surface area contributed by atoms with Gasteiger partial charge >= 0.3 is 0 Å². The van der Waals surface area contributed by atoms with E-state index in [1.54, 1.807) is 23.7 Å². The predicted molar refractivity (Wildman–Crippen MR) is 61.5 cm³/mol. The molecule has 3 nitrogen and oxygen atoms in total. The average molecular weight is 240 g/mol. The lowest BCUT2D eigenvalue weighted by Crippen LogP contribution is -1.97. The molecule has 1 aromatic carbocycles. The number of rotatable bonds is 2. The number of aromatic nitrogens is 2. The first-order valence-electron chi connectivity index (χ1n) is 4.80. The summed E-state index contributed by atoms with van der Waals surface area (Å²) in [6.45, 7) is 0.266. The molecule has 84 valence electrons. The van der Waals surface area contributed by atoms with Crippen LogP contribution < -0.4 is 5.73 Å². The molecule has 0 aliphatic rings. The van der Waals surface area contributed by atoms with Crippen molar-refractivity contribution < 1.29 is 4.39 Å². The summed E-state index contributed by atoms with van der Waals surface area (Å²) in [7, 11) is 1.77. The molecule has 0 unspecified atom stereocenters. The molecule has 2 rings (SSSR count). The maximum atomic E-state index is 13.1. The fraction of sp³-hybridized carbons (Fsp3) is 0.182. The van der Waals surface area contributed by atoms with Crippen LogP contribution in [0.4, 0.5) is 4.39 Å². The van der Waals surface area contributed by atoms with Crippen LogP contribution in [0, 0.1) is 5.82 Å². The maximum Gasteiger partial charge on any atom is 0.141 e. The Morgan fingerprint density at radius 2 is 2.25 bits per heavy atom. The average Bonchev–Trinajstić information content (AvgIpc) is 2.56. The Morgan fingerprint density at radius 1 is 1.50 bits per heavy atom. The number of imidazole rings is 1. The van der Waals surface area contributed by atoms with Crippen molar-refractivity contribution in [3.8, 4) is 11.4 Å². The fourth-order valence-corrected chi connectivity index (χ4v) is 1.75. The molecule has 0 aliphatic carbocycles. The lowest BCUT2D eigenvalue weighted by atomic mass is 10.2. The van der Waals surface area contributed by atoms with E-state index in [2.05, 4.69) is 4.98 Å². The van der Waals surface area contributed by atoms with E-state index in [1.807, 2.05) is 0 Å². The molecule has 16 heavy (non-hydrogen) atoms. The smallest absolute Gasteiger partial charge is 0.141 e.